The highest BCUT2D eigenvalue weighted by molar-refractivity contribution is 5.83. The molecule has 6 nitrogen and oxygen atoms in total. The summed E-state index contributed by atoms with van der Waals surface area (Å²) in [5.41, 5.74) is 13.5. The molecule has 0 spiro atoms. The minimum Gasteiger partial charge on any atom is -0.506 e. The number of aromatic nitrogens is 3. The van der Waals surface area contributed by atoms with Crippen LogP contribution in [0.25, 0.3) is 11.0 Å². The summed E-state index contributed by atoms with van der Waals surface area (Å²) >= 11 is 0. The van der Waals surface area contributed by atoms with Crippen molar-refractivity contribution in [2.24, 2.45) is 5.73 Å². The first-order valence-electron chi connectivity index (χ1n) is 10.1. The van der Waals surface area contributed by atoms with Crippen LogP contribution in [0.5, 0.6) is 5.75 Å². The largest absolute Gasteiger partial charge is 0.506 e. The lowest BCUT2D eigenvalue weighted by molar-refractivity contribution is 0.461. The molecule has 0 fully saturated rings. The van der Waals surface area contributed by atoms with Gasteiger partial charge in [0.25, 0.3) is 0 Å². The van der Waals surface area contributed by atoms with E-state index in [2.05, 4.69) is 53.0 Å². The quantitative estimate of drug-likeness (QED) is 0.447. The van der Waals surface area contributed by atoms with Gasteiger partial charge in [0.2, 0.25) is 5.95 Å². The molecule has 4 aromatic rings. The third-order valence-electron chi connectivity index (χ3n) is 5.23. The smallest absolute Gasteiger partial charge is 0.208 e. The Bertz CT molecular complexity index is 1190. The monoisotopic (exact) mass is 401 g/mol. The van der Waals surface area contributed by atoms with Crippen molar-refractivity contribution in [3.63, 3.8) is 0 Å². The van der Waals surface area contributed by atoms with Gasteiger partial charge >= 0.3 is 0 Å². The molecule has 30 heavy (non-hydrogen) atoms. The third kappa shape index (κ3) is 4.00. The van der Waals surface area contributed by atoms with Gasteiger partial charge < -0.3 is 20.7 Å². The van der Waals surface area contributed by atoms with Crippen LogP contribution in [0.4, 0.5) is 11.6 Å². The lowest BCUT2D eigenvalue weighted by Gasteiger charge is -2.13. The van der Waals surface area contributed by atoms with Crippen molar-refractivity contribution in [2.45, 2.75) is 33.7 Å². The summed E-state index contributed by atoms with van der Waals surface area (Å²) in [7, 11) is 0. The van der Waals surface area contributed by atoms with E-state index < -0.39 is 0 Å². The first-order valence-corrected chi connectivity index (χ1v) is 10.1. The highest BCUT2D eigenvalue weighted by atomic mass is 16.3. The molecule has 0 atom stereocenters. The molecule has 6 heteroatoms. The number of nitrogens with one attached hydrogen (secondary N) is 1. The number of anilines is 2. The molecule has 4 rings (SSSR count). The zero-order valence-electron chi connectivity index (χ0n) is 17.6. The van der Waals surface area contributed by atoms with Gasteiger partial charge in [0.05, 0.1) is 17.6 Å². The number of aryl methyl sites for hydroxylation is 3. The number of nitrogens with zero attached hydrogens (tertiary/aromatic N) is 3. The molecule has 0 aliphatic carbocycles. The molecule has 0 unspecified atom stereocenters. The number of pyridine rings is 1. The summed E-state index contributed by atoms with van der Waals surface area (Å²) in [6.45, 7) is 7.12. The molecular formula is C24H27N5O. The van der Waals surface area contributed by atoms with Crippen LogP contribution in [-0.4, -0.2) is 26.2 Å². The van der Waals surface area contributed by atoms with Crippen LogP contribution in [-0.2, 0) is 13.0 Å². The Hall–Kier alpha value is -3.38. The SMILES string of the molecule is Cc1cc(C)c2nc(Nc3ccc(CCN)cc3)n(Cc3nc(C)ccc3O)c2c1. The molecule has 4 N–H and O–H groups in total. The zero-order chi connectivity index (χ0) is 21.3. The molecule has 2 heterocycles. The molecule has 0 saturated carbocycles. The fourth-order valence-corrected chi connectivity index (χ4v) is 3.74. The van der Waals surface area contributed by atoms with Gasteiger partial charge in [-0.15, -0.1) is 0 Å². The maximum absolute atomic E-state index is 10.3. The summed E-state index contributed by atoms with van der Waals surface area (Å²) in [4.78, 5) is 9.42. The van der Waals surface area contributed by atoms with E-state index in [9.17, 15) is 5.11 Å². The number of rotatable bonds is 6. The number of nitrogens with two attached hydrogens (primary N) is 1. The summed E-state index contributed by atoms with van der Waals surface area (Å²) < 4.78 is 2.07. The van der Waals surface area contributed by atoms with Gasteiger partial charge in [-0.05, 0) is 80.8 Å². The second kappa shape index (κ2) is 8.16. The van der Waals surface area contributed by atoms with E-state index in [1.165, 1.54) is 11.1 Å². The van der Waals surface area contributed by atoms with Crippen molar-refractivity contribution in [2.75, 3.05) is 11.9 Å². The van der Waals surface area contributed by atoms with Crippen molar-refractivity contribution in [1.29, 1.82) is 0 Å². The van der Waals surface area contributed by atoms with Crippen molar-refractivity contribution >= 4 is 22.7 Å². The van der Waals surface area contributed by atoms with E-state index in [1.54, 1.807) is 12.1 Å². The summed E-state index contributed by atoms with van der Waals surface area (Å²) in [5, 5.41) is 13.8. The van der Waals surface area contributed by atoms with Gasteiger partial charge in [-0.1, -0.05) is 18.2 Å². The van der Waals surface area contributed by atoms with Crippen LogP contribution in [0, 0.1) is 20.8 Å². The molecule has 0 aliphatic rings. The predicted molar refractivity (Wildman–Crippen MR) is 121 cm³/mol. The van der Waals surface area contributed by atoms with Crippen LogP contribution in [0.3, 0.4) is 0 Å². The summed E-state index contributed by atoms with van der Waals surface area (Å²) in [6.07, 6.45) is 0.857. The maximum Gasteiger partial charge on any atom is 0.208 e. The first-order chi connectivity index (χ1) is 14.4. The van der Waals surface area contributed by atoms with Crippen LogP contribution in [0.1, 0.15) is 28.1 Å². The Morgan fingerprint density at radius 1 is 1.00 bits per heavy atom. The van der Waals surface area contributed by atoms with Crippen molar-refractivity contribution < 1.29 is 5.11 Å². The van der Waals surface area contributed by atoms with Crippen molar-refractivity contribution in [1.82, 2.24) is 14.5 Å². The van der Waals surface area contributed by atoms with E-state index in [-0.39, 0.29) is 5.75 Å². The lowest BCUT2D eigenvalue weighted by atomic mass is 10.1. The number of hydrogen-bond acceptors (Lipinski definition) is 5. The Labute approximate surface area is 176 Å². The number of fused-ring (bicyclic) bond motifs is 1. The lowest BCUT2D eigenvalue weighted by Crippen LogP contribution is -2.07. The van der Waals surface area contributed by atoms with E-state index >= 15 is 0 Å². The fourth-order valence-electron chi connectivity index (χ4n) is 3.74. The number of hydrogen-bond donors (Lipinski definition) is 3. The molecule has 2 aromatic heterocycles. The number of benzene rings is 2. The summed E-state index contributed by atoms with van der Waals surface area (Å²) in [6, 6.07) is 16.0. The van der Waals surface area contributed by atoms with Gasteiger partial charge in [0.15, 0.2) is 0 Å². The fraction of sp³-hybridized carbons (Fsp3) is 0.250. The minimum atomic E-state index is 0.184. The molecule has 0 aliphatic heterocycles. The zero-order valence-corrected chi connectivity index (χ0v) is 17.6. The predicted octanol–water partition coefficient (Wildman–Crippen LogP) is 4.36. The number of aromatic hydroxyl groups is 1. The average molecular weight is 402 g/mol. The van der Waals surface area contributed by atoms with Crippen molar-refractivity contribution in [3.8, 4) is 5.75 Å². The average Bonchev–Trinajstić information content (AvgIpc) is 3.04. The normalized spacial score (nSPS) is 11.2. The first kappa shape index (κ1) is 19.9. The Kier molecular flexibility index (Phi) is 5.42. The maximum atomic E-state index is 10.3. The molecule has 2 aromatic carbocycles. The van der Waals surface area contributed by atoms with E-state index in [4.69, 9.17) is 10.7 Å². The number of imidazole rings is 1. The second-order valence-electron chi connectivity index (χ2n) is 7.75. The minimum absolute atomic E-state index is 0.184. The molecule has 0 saturated heterocycles. The Morgan fingerprint density at radius 2 is 1.77 bits per heavy atom. The standard InChI is InChI=1S/C24H27N5O/c1-15-12-16(2)23-21(13-15)29(14-20-22(30)9-4-17(3)26-20)24(28-23)27-19-7-5-18(6-8-19)10-11-25/h4-9,12-13,30H,10-11,14,25H2,1-3H3,(H,27,28). The molecule has 154 valence electrons. The van der Waals surface area contributed by atoms with Crippen LogP contribution < -0.4 is 11.1 Å². The van der Waals surface area contributed by atoms with E-state index in [1.807, 2.05) is 19.1 Å². The van der Waals surface area contributed by atoms with Gasteiger partial charge in [-0.25, -0.2) is 4.98 Å². The van der Waals surface area contributed by atoms with E-state index in [0.29, 0.717) is 24.7 Å². The molecule has 0 radical (unpaired) electrons. The third-order valence-corrected chi connectivity index (χ3v) is 5.23. The van der Waals surface area contributed by atoms with Crippen LogP contribution in [0.15, 0.2) is 48.5 Å². The molecule has 0 amide bonds. The van der Waals surface area contributed by atoms with Gasteiger partial charge in [0, 0.05) is 11.4 Å². The van der Waals surface area contributed by atoms with Gasteiger partial charge in [-0.3, -0.25) is 4.98 Å². The van der Waals surface area contributed by atoms with Crippen molar-refractivity contribution in [3.05, 3.63) is 76.6 Å². The van der Waals surface area contributed by atoms with Crippen LogP contribution in [0.2, 0.25) is 0 Å². The highest BCUT2D eigenvalue weighted by Crippen LogP contribution is 2.29. The highest BCUT2D eigenvalue weighted by Gasteiger charge is 2.16. The van der Waals surface area contributed by atoms with Gasteiger partial charge in [0.1, 0.15) is 11.4 Å². The van der Waals surface area contributed by atoms with E-state index in [0.717, 1.165) is 34.4 Å². The Morgan fingerprint density at radius 3 is 2.50 bits per heavy atom. The Balaban J connectivity index is 1.79. The topological polar surface area (TPSA) is 89.0 Å². The van der Waals surface area contributed by atoms with Crippen LogP contribution >= 0.6 is 0 Å². The molecular weight excluding hydrogens is 374 g/mol. The molecule has 0 bridgehead atoms. The summed E-state index contributed by atoms with van der Waals surface area (Å²) in [5.74, 6) is 0.900. The van der Waals surface area contributed by atoms with Gasteiger partial charge in [-0.2, -0.15) is 0 Å². The second-order valence-corrected chi connectivity index (χ2v) is 7.75.